The number of carboxylic acid groups (broad SMARTS) is 1. The number of aryl methyl sites for hydroxylation is 2. The number of rotatable bonds is 8. The van der Waals surface area contributed by atoms with Crippen LogP contribution in [0, 0.1) is 25.7 Å². The highest BCUT2D eigenvalue weighted by molar-refractivity contribution is 5.77. The zero-order chi connectivity index (χ0) is 24.1. The monoisotopic (exact) mass is 461 g/mol. The molecule has 0 spiro atoms. The molecule has 1 saturated carbocycles. The van der Waals surface area contributed by atoms with Gasteiger partial charge in [-0.05, 0) is 57.4 Å². The highest BCUT2D eigenvalue weighted by Gasteiger charge is 2.24. The maximum atomic E-state index is 13.0. The van der Waals surface area contributed by atoms with Gasteiger partial charge in [0.05, 0.1) is 6.61 Å². The number of ether oxygens (including phenoxy) is 1. The van der Waals surface area contributed by atoms with Crippen molar-refractivity contribution in [2.45, 2.75) is 46.1 Å². The number of benzene rings is 2. The first-order chi connectivity index (χ1) is 16.4. The van der Waals surface area contributed by atoms with Crippen LogP contribution in [0.2, 0.25) is 0 Å². The summed E-state index contributed by atoms with van der Waals surface area (Å²) in [5, 5.41) is 13.5. The molecule has 1 aliphatic rings. The van der Waals surface area contributed by atoms with E-state index in [4.69, 9.17) is 14.9 Å². The second-order valence-corrected chi connectivity index (χ2v) is 9.30. The zero-order valence-corrected chi connectivity index (χ0v) is 19.7. The van der Waals surface area contributed by atoms with Crippen molar-refractivity contribution in [3.63, 3.8) is 0 Å². The summed E-state index contributed by atoms with van der Waals surface area (Å²) < 4.78 is 6.78. The molecule has 7 nitrogen and oxygen atoms in total. The first kappa shape index (κ1) is 23.8. The number of hydrogen-bond donors (Lipinski definition) is 1. The van der Waals surface area contributed by atoms with Crippen LogP contribution in [0.1, 0.15) is 36.8 Å². The lowest BCUT2D eigenvalue weighted by molar-refractivity contribution is -0.142. The number of nitrogens with zero attached hydrogens (tertiary/aromatic N) is 3. The lowest BCUT2D eigenvalue weighted by atomic mass is 9.82. The molecule has 0 radical (unpaired) electrons. The molecule has 0 amide bonds. The largest absolute Gasteiger partial charge is 0.480 e. The Balaban J connectivity index is 1.56. The van der Waals surface area contributed by atoms with E-state index in [9.17, 15) is 9.59 Å². The van der Waals surface area contributed by atoms with Crippen LogP contribution >= 0.6 is 0 Å². The van der Waals surface area contributed by atoms with E-state index in [0.29, 0.717) is 36.4 Å². The van der Waals surface area contributed by atoms with Crippen LogP contribution in [0.5, 0.6) is 0 Å². The Bertz CT molecular complexity index is 1200. The van der Waals surface area contributed by atoms with Gasteiger partial charge in [0.25, 0.3) is 0 Å². The summed E-state index contributed by atoms with van der Waals surface area (Å²) in [5.41, 5.74) is 5.05. The van der Waals surface area contributed by atoms with Crippen molar-refractivity contribution in [1.29, 1.82) is 0 Å². The summed E-state index contributed by atoms with van der Waals surface area (Å²) in [6.45, 7) is 4.82. The molecule has 1 aliphatic carbocycles. The minimum atomic E-state index is -0.940. The standard InChI is InChI=1S/C27H31N3O4/c1-18-6-12-22(13-7-18)26-25(23-5-3-4-19(2)14-23)28-27(33)30(29-26)15-20-8-10-21(11-9-20)16-34-17-24(31)32/h3-7,12-14,20-21H,8-11,15-17H2,1-2H3,(H,31,32)/t20-,21+. The summed E-state index contributed by atoms with van der Waals surface area (Å²) in [6, 6.07) is 16.1. The van der Waals surface area contributed by atoms with Gasteiger partial charge in [-0.2, -0.15) is 10.1 Å². The third kappa shape index (κ3) is 5.97. The predicted molar refractivity (Wildman–Crippen MR) is 131 cm³/mol. The van der Waals surface area contributed by atoms with E-state index in [0.717, 1.165) is 47.9 Å². The van der Waals surface area contributed by atoms with Gasteiger partial charge in [0.15, 0.2) is 0 Å². The summed E-state index contributed by atoms with van der Waals surface area (Å²) in [4.78, 5) is 28.1. The molecule has 0 atom stereocenters. The molecule has 0 unspecified atom stereocenters. The fourth-order valence-electron chi connectivity index (χ4n) is 4.57. The Morgan fingerprint density at radius 3 is 2.35 bits per heavy atom. The van der Waals surface area contributed by atoms with Crippen molar-refractivity contribution in [1.82, 2.24) is 14.8 Å². The maximum Gasteiger partial charge on any atom is 0.364 e. The molecule has 1 heterocycles. The molecule has 34 heavy (non-hydrogen) atoms. The van der Waals surface area contributed by atoms with Crippen molar-refractivity contribution >= 4 is 5.97 Å². The van der Waals surface area contributed by atoms with Crippen molar-refractivity contribution in [3.05, 3.63) is 70.1 Å². The lowest BCUT2D eigenvalue weighted by Crippen LogP contribution is -2.31. The molecule has 3 aromatic rings. The summed E-state index contributed by atoms with van der Waals surface area (Å²) in [6.07, 6.45) is 3.82. The highest BCUT2D eigenvalue weighted by atomic mass is 16.5. The van der Waals surface area contributed by atoms with E-state index in [-0.39, 0.29) is 12.3 Å². The molecular formula is C27H31N3O4. The lowest BCUT2D eigenvalue weighted by Gasteiger charge is -2.28. The van der Waals surface area contributed by atoms with Crippen LogP contribution in [-0.4, -0.2) is 39.1 Å². The highest BCUT2D eigenvalue weighted by Crippen LogP contribution is 2.31. The minimum Gasteiger partial charge on any atom is -0.480 e. The Labute approximate surface area is 199 Å². The molecule has 178 valence electrons. The average molecular weight is 462 g/mol. The summed E-state index contributed by atoms with van der Waals surface area (Å²) in [5.74, 6) is -0.242. The zero-order valence-electron chi connectivity index (χ0n) is 19.7. The van der Waals surface area contributed by atoms with E-state index in [1.807, 2.05) is 62.4 Å². The molecule has 1 fully saturated rings. The normalized spacial score (nSPS) is 18.1. The first-order valence-corrected chi connectivity index (χ1v) is 11.8. The fourth-order valence-corrected chi connectivity index (χ4v) is 4.57. The SMILES string of the molecule is Cc1ccc(-c2nn(C[C@H]3CC[C@@H](COCC(=O)O)CC3)c(=O)nc2-c2cccc(C)c2)cc1. The van der Waals surface area contributed by atoms with E-state index < -0.39 is 5.97 Å². The van der Waals surface area contributed by atoms with Crippen molar-refractivity contribution < 1.29 is 14.6 Å². The molecule has 4 rings (SSSR count). The van der Waals surface area contributed by atoms with Gasteiger partial charge in [-0.15, -0.1) is 0 Å². The quantitative estimate of drug-likeness (QED) is 0.531. The van der Waals surface area contributed by atoms with Crippen molar-refractivity contribution in [2.24, 2.45) is 11.8 Å². The average Bonchev–Trinajstić information content (AvgIpc) is 2.81. The van der Waals surface area contributed by atoms with Crippen LogP contribution in [-0.2, 0) is 16.1 Å². The van der Waals surface area contributed by atoms with E-state index >= 15 is 0 Å². The minimum absolute atomic E-state index is 0.250. The molecule has 2 aromatic carbocycles. The number of aliphatic carboxylic acids is 1. The van der Waals surface area contributed by atoms with Crippen LogP contribution < -0.4 is 5.69 Å². The third-order valence-corrected chi connectivity index (χ3v) is 6.47. The smallest absolute Gasteiger partial charge is 0.364 e. The van der Waals surface area contributed by atoms with E-state index in [1.54, 1.807) is 0 Å². The third-order valence-electron chi connectivity index (χ3n) is 6.47. The fraction of sp³-hybridized carbons (Fsp3) is 0.407. The van der Waals surface area contributed by atoms with Gasteiger partial charge in [-0.25, -0.2) is 14.3 Å². The van der Waals surface area contributed by atoms with Crippen molar-refractivity contribution in [2.75, 3.05) is 13.2 Å². The first-order valence-electron chi connectivity index (χ1n) is 11.8. The molecular weight excluding hydrogens is 430 g/mol. The van der Waals surface area contributed by atoms with Crippen molar-refractivity contribution in [3.8, 4) is 22.5 Å². The molecule has 0 saturated heterocycles. The van der Waals surface area contributed by atoms with Gasteiger partial charge in [-0.3, -0.25) is 0 Å². The second kappa shape index (κ2) is 10.7. The molecule has 1 aromatic heterocycles. The molecule has 0 bridgehead atoms. The van der Waals surface area contributed by atoms with Gasteiger partial charge >= 0.3 is 11.7 Å². The van der Waals surface area contributed by atoms with Gasteiger partial charge in [0.2, 0.25) is 0 Å². The second-order valence-electron chi connectivity index (χ2n) is 9.30. The summed E-state index contributed by atoms with van der Waals surface area (Å²) >= 11 is 0. The van der Waals surface area contributed by atoms with Crippen LogP contribution in [0.25, 0.3) is 22.5 Å². The van der Waals surface area contributed by atoms with Gasteiger partial charge < -0.3 is 9.84 Å². The Hall–Kier alpha value is -3.32. The van der Waals surface area contributed by atoms with Crippen LogP contribution in [0.15, 0.2) is 53.3 Å². The van der Waals surface area contributed by atoms with E-state index in [2.05, 4.69) is 4.98 Å². The predicted octanol–water partition coefficient (Wildman–Crippen LogP) is 4.50. The molecule has 0 aliphatic heterocycles. The Morgan fingerprint density at radius 1 is 0.971 bits per heavy atom. The topological polar surface area (TPSA) is 94.3 Å². The van der Waals surface area contributed by atoms with Crippen LogP contribution in [0.3, 0.4) is 0 Å². The molecule has 7 heteroatoms. The Morgan fingerprint density at radius 2 is 1.68 bits per heavy atom. The summed E-state index contributed by atoms with van der Waals surface area (Å²) in [7, 11) is 0. The van der Waals surface area contributed by atoms with Gasteiger partial charge in [0, 0.05) is 17.7 Å². The van der Waals surface area contributed by atoms with E-state index in [1.165, 1.54) is 4.68 Å². The van der Waals surface area contributed by atoms with Gasteiger partial charge in [0.1, 0.15) is 18.0 Å². The maximum absolute atomic E-state index is 13.0. The Kier molecular flexibility index (Phi) is 7.53. The van der Waals surface area contributed by atoms with Gasteiger partial charge in [-0.1, -0.05) is 53.6 Å². The number of carboxylic acids is 1. The number of hydrogen-bond acceptors (Lipinski definition) is 5. The number of carbonyl (C=O) groups is 1. The molecule has 1 N–H and O–H groups in total. The number of aromatic nitrogens is 3. The van der Waals surface area contributed by atoms with Crippen LogP contribution in [0.4, 0.5) is 0 Å².